The van der Waals surface area contributed by atoms with E-state index >= 15 is 0 Å². The number of carbonyl (C=O) groups excluding carboxylic acids is 1. The van der Waals surface area contributed by atoms with E-state index in [9.17, 15) is 4.79 Å². The lowest BCUT2D eigenvalue weighted by Crippen LogP contribution is -2.56. The summed E-state index contributed by atoms with van der Waals surface area (Å²) in [4.78, 5) is 14.5. The number of rotatable bonds is 1. The van der Waals surface area contributed by atoms with Crippen molar-refractivity contribution in [1.82, 2.24) is 9.91 Å². The van der Waals surface area contributed by atoms with Crippen molar-refractivity contribution in [3.8, 4) is 0 Å². The molecule has 0 aliphatic carbocycles. The van der Waals surface area contributed by atoms with Crippen LogP contribution in [0.25, 0.3) is 0 Å². The fourth-order valence-corrected chi connectivity index (χ4v) is 4.10. The Balaban J connectivity index is 1.77. The molecule has 5 heteroatoms. The van der Waals surface area contributed by atoms with Crippen molar-refractivity contribution in [1.29, 1.82) is 0 Å². The fourth-order valence-electron chi connectivity index (χ4n) is 3.97. The van der Waals surface area contributed by atoms with Crippen LogP contribution in [0.2, 0.25) is 5.02 Å². The molecule has 1 aromatic carbocycles. The van der Waals surface area contributed by atoms with Crippen molar-refractivity contribution in [3.63, 3.8) is 0 Å². The summed E-state index contributed by atoms with van der Waals surface area (Å²) in [6, 6.07) is 8.07. The van der Waals surface area contributed by atoms with Gasteiger partial charge in [-0.2, -0.15) is 5.10 Å². The summed E-state index contributed by atoms with van der Waals surface area (Å²) in [5.41, 5.74) is 2.33. The molecule has 2 unspecified atom stereocenters. The number of benzene rings is 1. The maximum Gasteiger partial charge on any atom is 0.240 e. The van der Waals surface area contributed by atoms with Crippen LogP contribution in [0, 0.1) is 5.92 Å². The predicted octanol–water partition coefficient (Wildman–Crippen LogP) is 2.69. The molecule has 1 amide bonds. The first-order valence-electron chi connectivity index (χ1n) is 7.53. The molecule has 2 atom stereocenters. The van der Waals surface area contributed by atoms with Gasteiger partial charge in [-0.25, -0.2) is 5.01 Å². The van der Waals surface area contributed by atoms with Gasteiger partial charge in [0.05, 0.1) is 11.8 Å². The minimum Gasteiger partial charge on any atom is -0.293 e. The second-order valence-corrected chi connectivity index (χ2v) is 6.58. The molecule has 0 radical (unpaired) electrons. The van der Waals surface area contributed by atoms with E-state index in [2.05, 4.69) is 4.90 Å². The van der Waals surface area contributed by atoms with Gasteiger partial charge in [0, 0.05) is 17.9 Å². The molecule has 3 fully saturated rings. The van der Waals surface area contributed by atoms with E-state index in [1.165, 1.54) is 18.6 Å². The minimum absolute atomic E-state index is 0.00198. The molecule has 21 heavy (non-hydrogen) atoms. The summed E-state index contributed by atoms with van der Waals surface area (Å²) < 4.78 is 0. The van der Waals surface area contributed by atoms with Gasteiger partial charge in [0.15, 0.2) is 0 Å². The number of carbonyl (C=O) groups is 1. The summed E-state index contributed by atoms with van der Waals surface area (Å²) in [6.45, 7) is 3.83. The van der Waals surface area contributed by atoms with Crippen LogP contribution >= 0.6 is 11.6 Å². The van der Waals surface area contributed by atoms with Crippen molar-refractivity contribution in [2.75, 3.05) is 13.1 Å². The van der Waals surface area contributed by atoms with E-state index in [1.807, 2.05) is 24.3 Å². The smallest absolute Gasteiger partial charge is 0.240 e. The zero-order valence-electron chi connectivity index (χ0n) is 12.0. The predicted molar refractivity (Wildman–Crippen MR) is 82.2 cm³/mol. The zero-order chi connectivity index (χ0) is 14.6. The number of hydrazone groups is 1. The van der Waals surface area contributed by atoms with E-state index in [4.69, 9.17) is 16.7 Å². The lowest BCUT2D eigenvalue weighted by molar-refractivity contribution is -0.131. The first-order chi connectivity index (χ1) is 10.1. The number of hydrogen-bond donors (Lipinski definition) is 0. The average molecular weight is 304 g/mol. The number of nitrogens with zero attached hydrogens (tertiary/aromatic N) is 3. The van der Waals surface area contributed by atoms with Crippen molar-refractivity contribution < 1.29 is 4.79 Å². The standard InChI is InChI=1S/C16H18ClN3O/c1-10(21)20-15(12-2-4-13(17)5-3-12)16-14(18-20)11-6-8-19(16)9-7-11/h2-5,11,15-16H,6-9H2,1H3. The van der Waals surface area contributed by atoms with Gasteiger partial charge < -0.3 is 0 Å². The number of halogens is 1. The highest BCUT2D eigenvalue weighted by Crippen LogP contribution is 2.43. The lowest BCUT2D eigenvalue weighted by Gasteiger charge is -2.46. The summed E-state index contributed by atoms with van der Waals surface area (Å²) >= 11 is 6.00. The van der Waals surface area contributed by atoms with Crippen LogP contribution in [0.4, 0.5) is 0 Å². The van der Waals surface area contributed by atoms with E-state index < -0.39 is 0 Å². The molecule has 3 saturated heterocycles. The summed E-state index contributed by atoms with van der Waals surface area (Å²) in [5.74, 6) is 0.566. The van der Waals surface area contributed by atoms with Gasteiger partial charge in [-0.1, -0.05) is 23.7 Å². The molecule has 4 aliphatic heterocycles. The maximum absolute atomic E-state index is 12.0. The molecule has 0 spiro atoms. The number of hydrogen-bond acceptors (Lipinski definition) is 3. The Morgan fingerprint density at radius 2 is 1.86 bits per heavy atom. The molecule has 2 bridgehead atoms. The fraction of sp³-hybridized carbons (Fsp3) is 0.500. The quantitative estimate of drug-likeness (QED) is 0.800. The highest BCUT2D eigenvalue weighted by atomic mass is 35.5. The van der Waals surface area contributed by atoms with Gasteiger partial charge in [-0.15, -0.1) is 0 Å². The summed E-state index contributed by atoms with van der Waals surface area (Å²) in [6.07, 6.45) is 2.35. The number of amides is 1. The Bertz CT molecular complexity index is 604. The van der Waals surface area contributed by atoms with Crippen LogP contribution in [0.3, 0.4) is 0 Å². The van der Waals surface area contributed by atoms with E-state index in [1.54, 1.807) is 11.9 Å². The third-order valence-electron chi connectivity index (χ3n) is 4.96. The Labute approximate surface area is 129 Å². The van der Waals surface area contributed by atoms with E-state index in [-0.39, 0.29) is 18.0 Å². The first kappa shape index (κ1) is 13.3. The molecule has 0 aromatic heterocycles. The van der Waals surface area contributed by atoms with Crippen molar-refractivity contribution >= 4 is 23.2 Å². The van der Waals surface area contributed by atoms with Gasteiger partial charge in [0.2, 0.25) is 5.91 Å². The maximum atomic E-state index is 12.0. The van der Waals surface area contributed by atoms with Gasteiger partial charge in [-0.3, -0.25) is 9.69 Å². The third-order valence-corrected chi connectivity index (χ3v) is 5.22. The summed E-state index contributed by atoms with van der Waals surface area (Å²) in [7, 11) is 0. The molecule has 1 aromatic rings. The van der Waals surface area contributed by atoms with Gasteiger partial charge in [0.25, 0.3) is 0 Å². The second-order valence-electron chi connectivity index (χ2n) is 6.14. The highest BCUT2D eigenvalue weighted by Gasteiger charge is 2.50. The molecule has 5 rings (SSSR count). The SMILES string of the molecule is CC(=O)N1N=C2C3CCN(CC3)C2C1c1ccc(Cl)cc1. The molecule has 0 saturated carbocycles. The molecule has 4 nitrogen and oxygen atoms in total. The van der Waals surface area contributed by atoms with E-state index in [0.717, 1.165) is 23.7 Å². The monoisotopic (exact) mass is 303 g/mol. The second kappa shape index (κ2) is 4.82. The topological polar surface area (TPSA) is 35.9 Å². The summed E-state index contributed by atoms with van der Waals surface area (Å²) in [5, 5.41) is 7.10. The minimum atomic E-state index is -0.00198. The van der Waals surface area contributed by atoms with Gasteiger partial charge in [0.1, 0.15) is 6.04 Å². The molecule has 4 aliphatic rings. The van der Waals surface area contributed by atoms with Crippen LogP contribution < -0.4 is 0 Å². The van der Waals surface area contributed by atoms with Crippen LogP contribution in [0.5, 0.6) is 0 Å². The number of fused-ring (bicyclic) bond motifs is 2. The average Bonchev–Trinajstić information content (AvgIpc) is 2.92. The Hall–Kier alpha value is -1.39. The Morgan fingerprint density at radius 1 is 1.19 bits per heavy atom. The highest BCUT2D eigenvalue weighted by molar-refractivity contribution is 6.30. The normalized spacial score (nSPS) is 33.8. The van der Waals surface area contributed by atoms with Crippen molar-refractivity contribution in [2.45, 2.75) is 31.8 Å². The molecular formula is C16H18ClN3O. The largest absolute Gasteiger partial charge is 0.293 e. The molecule has 0 N–H and O–H groups in total. The van der Waals surface area contributed by atoms with E-state index in [0.29, 0.717) is 5.92 Å². The molecule has 4 heterocycles. The van der Waals surface area contributed by atoms with Crippen LogP contribution in [-0.2, 0) is 4.79 Å². The van der Waals surface area contributed by atoms with Crippen molar-refractivity contribution in [2.24, 2.45) is 11.0 Å². The number of piperidine rings is 3. The molecular weight excluding hydrogens is 286 g/mol. The van der Waals surface area contributed by atoms with Crippen LogP contribution in [0.1, 0.15) is 31.4 Å². The van der Waals surface area contributed by atoms with Crippen LogP contribution in [-0.4, -0.2) is 40.7 Å². The Morgan fingerprint density at radius 3 is 2.48 bits per heavy atom. The first-order valence-corrected chi connectivity index (χ1v) is 7.90. The Kier molecular flexibility index (Phi) is 3.05. The van der Waals surface area contributed by atoms with Gasteiger partial charge >= 0.3 is 0 Å². The zero-order valence-corrected chi connectivity index (χ0v) is 12.8. The molecule has 110 valence electrons. The van der Waals surface area contributed by atoms with Gasteiger partial charge in [-0.05, 0) is 43.6 Å². The third kappa shape index (κ3) is 2.00. The van der Waals surface area contributed by atoms with Crippen LogP contribution in [0.15, 0.2) is 29.4 Å². The lowest BCUT2D eigenvalue weighted by atomic mass is 9.78. The van der Waals surface area contributed by atoms with Crippen molar-refractivity contribution in [3.05, 3.63) is 34.9 Å².